The van der Waals surface area contributed by atoms with Gasteiger partial charge in [0.15, 0.2) is 0 Å². The van der Waals surface area contributed by atoms with Gasteiger partial charge in [-0.05, 0) is 54.6 Å². The first-order valence-electron chi connectivity index (χ1n) is 8.19. The van der Waals surface area contributed by atoms with E-state index in [0.717, 1.165) is 6.42 Å². The Hall–Kier alpha value is -0.820. The Morgan fingerprint density at radius 1 is 0.905 bits per heavy atom. The SMILES string of the molecule is CC(CC(C)(C)C)c1ccc(C(C)(C)CC(C)(C)N)cc1. The third-order valence-electron chi connectivity index (χ3n) is 4.08. The van der Waals surface area contributed by atoms with Crippen LogP contribution < -0.4 is 5.73 Å². The first kappa shape index (κ1) is 18.2. The van der Waals surface area contributed by atoms with Crippen LogP contribution in [0.4, 0.5) is 0 Å². The molecule has 1 unspecified atom stereocenters. The summed E-state index contributed by atoms with van der Waals surface area (Å²) < 4.78 is 0. The summed E-state index contributed by atoms with van der Waals surface area (Å²) in [5.41, 5.74) is 9.38. The molecule has 1 rings (SSSR count). The van der Waals surface area contributed by atoms with E-state index in [9.17, 15) is 0 Å². The van der Waals surface area contributed by atoms with Gasteiger partial charge < -0.3 is 5.73 Å². The lowest BCUT2D eigenvalue weighted by molar-refractivity contribution is 0.346. The Morgan fingerprint density at radius 2 is 1.38 bits per heavy atom. The summed E-state index contributed by atoms with van der Waals surface area (Å²) in [6, 6.07) is 9.19. The second-order valence-electron chi connectivity index (χ2n) is 9.34. The van der Waals surface area contributed by atoms with Crippen molar-refractivity contribution >= 4 is 0 Å². The topological polar surface area (TPSA) is 26.0 Å². The normalized spacial score (nSPS) is 15.1. The molecular weight excluding hydrogens is 254 g/mol. The maximum absolute atomic E-state index is 6.21. The van der Waals surface area contributed by atoms with Crippen molar-refractivity contribution in [2.24, 2.45) is 11.1 Å². The highest BCUT2D eigenvalue weighted by Gasteiger charge is 2.27. The third-order valence-corrected chi connectivity index (χ3v) is 4.08. The van der Waals surface area contributed by atoms with Gasteiger partial charge in [0.25, 0.3) is 0 Å². The van der Waals surface area contributed by atoms with Gasteiger partial charge in [-0.1, -0.05) is 65.8 Å². The van der Waals surface area contributed by atoms with E-state index in [-0.39, 0.29) is 11.0 Å². The van der Waals surface area contributed by atoms with E-state index in [2.05, 4.69) is 79.7 Å². The molecule has 0 bridgehead atoms. The van der Waals surface area contributed by atoms with Crippen LogP contribution in [0.2, 0.25) is 0 Å². The number of benzene rings is 1. The van der Waals surface area contributed by atoms with Crippen molar-refractivity contribution in [3.05, 3.63) is 35.4 Å². The first-order chi connectivity index (χ1) is 9.30. The average Bonchev–Trinajstić information content (AvgIpc) is 2.23. The molecule has 1 aromatic carbocycles. The zero-order valence-corrected chi connectivity index (χ0v) is 15.4. The van der Waals surface area contributed by atoms with E-state index < -0.39 is 0 Å². The highest BCUT2D eigenvalue weighted by Crippen LogP contribution is 2.34. The lowest BCUT2D eigenvalue weighted by Crippen LogP contribution is -2.39. The van der Waals surface area contributed by atoms with Crippen molar-refractivity contribution in [1.29, 1.82) is 0 Å². The van der Waals surface area contributed by atoms with Gasteiger partial charge in [0.1, 0.15) is 0 Å². The molecule has 0 heterocycles. The van der Waals surface area contributed by atoms with Gasteiger partial charge in [-0.3, -0.25) is 0 Å². The Bertz CT molecular complexity index is 440. The molecule has 21 heavy (non-hydrogen) atoms. The minimum atomic E-state index is -0.137. The van der Waals surface area contributed by atoms with Crippen molar-refractivity contribution in [3.8, 4) is 0 Å². The number of nitrogens with two attached hydrogens (primary N) is 1. The van der Waals surface area contributed by atoms with E-state index in [1.54, 1.807) is 0 Å². The second-order valence-corrected chi connectivity index (χ2v) is 9.34. The van der Waals surface area contributed by atoms with Crippen LogP contribution in [-0.2, 0) is 5.41 Å². The summed E-state index contributed by atoms with van der Waals surface area (Å²) >= 11 is 0. The highest BCUT2D eigenvalue weighted by molar-refractivity contribution is 5.30. The molecule has 1 nitrogen and oxygen atoms in total. The number of hydrogen-bond donors (Lipinski definition) is 1. The Labute approximate surface area is 132 Å². The van der Waals surface area contributed by atoms with Gasteiger partial charge in [0.2, 0.25) is 0 Å². The molecule has 1 heteroatoms. The van der Waals surface area contributed by atoms with E-state index in [0.29, 0.717) is 11.3 Å². The van der Waals surface area contributed by atoms with E-state index in [1.165, 1.54) is 17.5 Å². The fourth-order valence-corrected chi connectivity index (χ4v) is 3.54. The zero-order chi connectivity index (χ0) is 16.5. The van der Waals surface area contributed by atoms with Crippen molar-refractivity contribution in [1.82, 2.24) is 0 Å². The minimum absolute atomic E-state index is 0.115. The van der Waals surface area contributed by atoms with Crippen LogP contribution in [0.3, 0.4) is 0 Å². The molecule has 0 aliphatic heterocycles. The first-order valence-corrected chi connectivity index (χ1v) is 8.19. The van der Waals surface area contributed by atoms with Crippen LogP contribution in [0.1, 0.15) is 85.3 Å². The molecule has 0 aromatic heterocycles. The van der Waals surface area contributed by atoms with Crippen LogP contribution in [0.15, 0.2) is 24.3 Å². The Morgan fingerprint density at radius 3 is 1.76 bits per heavy atom. The maximum atomic E-state index is 6.21. The molecule has 120 valence electrons. The molecule has 2 N–H and O–H groups in total. The molecule has 0 spiro atoms. The Balaban J connectivity index is 2.87. The van der Waals surface area contributed by atoms with Crippen molar-refractivity contribution in [3.63, 3.8) is 0 Å². The largest absolute Gasteiger partial charge is 0.326 e. The van der Waals surface area contributed by atoms with Gasteiger partial charge in [-0.15, -0.1) is 0 Å². The van der Waals surface area contributed by atoms with Crippen molar-refractivity contribution < 1.29 is 0 Å². The molecule has 0 saturated heterocycles. The molecule has 0 amide bonds. The second kappa shape index (κ2) is 6.12. The lowest BCUT2D eigenvalue weighted by Gasteiger charge is -2.33. The summed E-state index contributed by atoms with van der Waals surface area (Å²) in [5.74, 6) is 0.605. The summed E-state index contributed by atoms with van der Waals surface area (Å²) in [6.45, 7) is 18.0. The maximum Gasteiger partial charge on any atom is 0.0105 e. The fourth-order valence-electron chi connectivity index (χ4n) is 3.54. The lowest BCUT2D eigenvalue weighted by atomic mass is 9.75. The molecule has 0 aliphatic carbocycles. The van der Waals surface area contributed by atoms with Crippen molar-refractivity contribution in [2.75, 3.05) is 0 Å². The third kappa shape index (κ3) is 6.22. The van der Waals surface area contributed by atoms with E-state index in [4.69, 9.17) is 5.73 Å². The number of rotatable bonds is 5. The molecule has 1 aromatic rings. The quantitative estimate of drug-likeness (QED) is 0.746. The van der Waals surface area contributed by atoms with Gasteiger partial charge in [0.05, 0.1) is 0 Å². The monoisotopic (exact) mass is 289 g/mol. The Kier molecular flexibility index (Phi) is 5.31. The standard InChI is InChI=1S/C20H35N/c1-15(13-18(2,3)4)16-9-11-17(12-10-16)19(5,6)14-20(7,8)21/h9-12,15H,13-14,21H2,1-8H3. The van der Waals surface area contributed by atoms with Crippen LogP contribution in [0.5, 0.6) is 0 Å². The van der Waals surface area contributed by atoms with Crippen LogP contribution >= 0.6 is 0 Å². The predicted molar refractivity (Wildman–Crippen MR) is 94.8 cm³/mol. The smallest absolute Gasteiger partial charge is 0.0105 e. The molecular formula is C20H35N. The molecule has 0 fully saturated rings. The summed E-state index contributed by atoms with van der Waals surface area (Å²) in [5, 5.41) is 0. The predicted octanol–water partition coefficient (Wildman–Crippen LogP) is 5.63. The van der Waals surface area contributed by atoms with Gasteiger partial charge in [-0.2, -0.15) is 0 Å². The molecule has 0 saturated carbocycles. The van der Waals surface area contributed by atoms with Gasteiger partial charge in [-0.25, -0.2) is 0 Å². The van der Waals surface area contributed by atoms with Crippen LogP contribution in [-0.4, -0.2) is 5.54 Å². The van der Waals surface area contributed by atoms with Crippen molar-refractivity contribution in [2.45, 2.75) is 85.1 Å². The summed E-state index contributed by atoms with van der Waals surface area (Å²) in [4.78, 5) is 0. The number of hydrogen-bond acceptors (Lipinski definition) is 1. The molecule has 0 aliphatic rings. The zero-order valence-electron chi connectivity index (χ0n) is 15.4. The molecule has 1 atom stereocenters. The van der Waals surface area contributed by atoms with Gasteiger partial charge in [0, 0.05) is 5.54 Å². The average molecular weight is 290 g/mol. The fraction of sp³-hybridized carbons (Fsp3) is 0.700. The van der Waals surface area contributed by atoms with Crippen LogP contribution in [0.25, 0.3) is 0 Å². The van der Waals surface area contributed by atoms with E-state index >= 15 is 0 Å². The van der Waals surface area contributed by atoms with Gasteiger partial charge >= 0.3 is 0 Å². The minimum Gasteiger partial charge on any atom is -0.326 e. The summed E-state index contributed by atoms with van der Waals surface area (Å²) in [6.07, 6.45) is 2.20. The van der Waals surface area contributed by atoms with Crippen LogP contribution in [0, 0.1) is 5.41 Å². The molecule has 0 radical (unpaired) electrons. The van der Waals surface area contributed by atoms with E-state index in [1.807, 2.05) is 0 Å². The highest BCUT2D eigenvalue weighted by atomic mass is 14.7. The summed E-state index contributed by atoms with van der Waals surface area (Å²) in [7, 11) is 0.